The zero-order valence-corrected chi connectivity index (χ0v) is 10.8. The Balaban J connectivity index is 2.37. The SMILES string of the molecule is COc1cccc(C(O)c2ccc(C)nc2C)c1. The number of benzene rings is 1. The summed E-state index contributed by atoms with van der Waals surface area (Å²) in [4.78, 5) is 4.37. The van der Waals surface area contributed by atoms with Crippen LogP contribution < -0.4 is 4.74 Å². The second-order valence-electron chi connectivity index (χ2n) is 4.31. The lowest BCUT2D eigenvalue weighted by molar-refractivity contribution is 0.218. The predicted molar refractivity (Wildman–Crippen MR) is 70.8 cm³/mol. The molecule has 0 aliphatic carbocycles. The van der Waals surface area contributed by atoms with E-state index >= 15 is 0 Å². The van der Waals surface area contributed by atoms with Crippen molar-refractivity contribution in [3.05, 3.63) is 58.9 Å². The lowest BCUT2D eigenvalue weighted by Crippen LogP contribution is -2.04. The summed E-state index contributed by atoms with van der Waals surface area (Å²) in [5.74, 6) is 0.740. The van der Waals surface area contributed by atoms with Crippen molar-refractivity contribution in [2.24, 2.45) is 0 Å². The van der Waals surface area contributed by atoms with Crippen molar-refractivity contribution < 1.29 is 9.84 Å². The smallest absolute Gasteiger partial charge is 0.119 e. The second-order valence-corrected chi connectivity index (χ2v) is 4.31. The zero-order valence-electron chi connectivity index (χ0n) is 10.8. The molecule has 1 N–H and O–H groups in total. The van der Waals surface area contributed by atoms with Gasteiger partial charge in [0, 0.05) is 17.0 Å². The Bertz CT molecular complexity index is 552. The first-order valence-corrected chi connectivity index (χ1v) is 5.88. The quantitative estimate of drug-likeness (QED) is 0.901. The molecule has 2 aromatic rings. The minimum Gasteiger partial charge on any atom is -0.497 e. The van der Waals surface area contributed by atoms with Crippen molar-refractivity contribution in [3.63, 3.8) is 0 Å². The fourth-order valence-electron chi connectivity index (χ4n) is 1.98. The van der Waals surface area contributed by atoms with E-state index in [0.29, 0.717) is 0 Å². The van der Waals surface area contributed by atoms with E-state index in [1.165, 1.54) is 0 Å². The van der Waals surface area contributed by atoms with E-state index in [-0.39, 0.29) is 0 Å². The lowest BCUT2D eigenvalue weighted by atomic mass is 10.00. The Morgan fingerprint density at radius 1 is 1.17 bits per heavy atom. The van der Waals surface area contributed by atoms with Gasteiger partial charge in [0.2, 0.25) is 0 Å². The first kappa shape index (κ1) is 12.6. The van der Waals surface area contributed by atoms with Gasteiger partial charge in [-0.25, -0.2) is 0 Å². The van der Waals surface area contributed by atoms with Gasteiger partial charge in [-0.2, -0.15) is 0 Å². The van der Waals surface area contributed by atoms with Crippen LogP contribution in [0.4, 0.5) is 0 Å². The number of aryl methyl sites for hydroxylation is 2. The number of aliphatic hydroxyl groups excluding tert-OH is 1. The molecule has 94 valence electrons. The second kappa shape index (κ2) is 5.19. The number of pyridine rings is 1. The van der Waals surface area contributed by atoms with Crippen molar-refractivity contribution in [2.75, 3.05) is 7.11 Å². The van der Waals surface area contributed by atoms with Gasteiger partial charge in [0.05, 0.1) is 7.11 Å². The molecule has 0 aliphatic heterocycles. The number of hydrogen-bond acceptors (Lipinski definition) is 3. The molecule has 1 aromatic carbocycles. The number of nitrogens with zero attached hydrogens (tertiary/aromatic N) is 1. The molecule has 1 unspecified atom stereocenters. The molecule has 0 aliphatic rings. The predicted octanol–water partition coefficient (Wildman–Crippen LogP) is 2.79. The largest absolute Gasteiger partial charge is 0.497 e. The van der Waals surface area contributed by atoms with E-state index < -0.39 is 6.10 Å². The van der Waals surface area contributed by atoms with Crippen molar-refractivity contribution in [2.45, 2.75) is 20.0 Å². The van der Waals surface area contributed by atoms with Gasteiger partial charge in [-0.05, 0) is 37.6 Å². The highest BCUT2D eigenvalue weighted by Gasteiger charge is 2.14. The molecule has 1 heterocycles. The van der Waals surface area contributed by atoms with Crippen LogP contribution in [0.2, 0.25) is 0 Å². The number of rotatable bonds is 3. The van der Waals surface area contributed by atoms with Gasteiger partial charge in [0.25, 0.3) is 0 Å². The van der Waals surface area contributed by atoms with Crippen LogP contribution in [0.25, 0.3) is 0 Å². The molecule has 2 rings (SSSR count). The maximum atomic E-state index is 10.4. The van der Waals surface area contributed by atoms with Gasteiger partial charge in [0.15, 0.2) is 0 Å². The summed E-state index contributed by atoms with van der Waals surface area (Å²) in [6, 6.07) is 11.3. The first-order chi connectivity index (χ1) is 8.61. The van der Waals surface area contributed by atoms with Crippen LogP contribution in [0.1, 0.15) is 28.6 Å². The van der Waals surface area contributed by atoms with Gasteiger partial charge in [-0.15, -0.1) is 0 Å². The fourth-order valence-corrected chi connectivity index (χ4v) is 1.98. The van der Waals surface area contributed by atoms with Crippen LogP contribution in [-0.4, -0.2) is 17.2 Å². The van der Waals surface area contributed by atoms with Gasteiger partial charge in [-0.1, -0.05) is 18.2 Å². The highest BCUT2D eigenvalue weighted by atomic mass is 16.5. The van der Waals surface area contributed by atoms with E-state index in [1.807, 2.05) is 50.2 Å². The molecule has 0 amide bonds. The number of aromatic nitrogens is 1. The highest BCUT2D eigenvalue weighted by molar-refractivity contribution is 5.36. The Morgan fingerprint density at radius 2 is 1.94 bits per heavy atom. The molecule has 3 nitrogen and oxygen atoms in total. The van der Waals surface area contributed by atoms with Crippen molar-refractivity contribution in [3.8, 4) is 5.75 Å². The number of hydrogen-bond donors (Lipinski definition) is 1. The molecule has 0 spiro atoms. The molecular weight excluding hydrogens is 226 g/mol. The van der Waals surface area contributed by atoms with Crippen molar-refractivity contribution >= 4 is 0 Å². The molecule has 0 radical (unpaired) electrons. The molecule has 3 heteroatoms. The summed E-state index contributed by atoms with van der Waals surface area (Å²) >= 11 is 0. The molecule has 1 atom stereocenters. The minimum atomic E-state index is -0.673. The normalized spacial score (nSPS) is 12.2. The molecule has 1 aromatic heterocycles. The van der Waals surface area contributed by atoms with Crippen LogP contribution in [0.15, 0.2) is 36.4 Å². The minimum absolute atomic E-state index is 0.673. The summed E-state index contributed by atoms with van der Waals surface area (Å²) in [5.41, 5.74) is 3.44. The lowest BCUT2D eigenvalue weighted by Gasteiger charge is -2.14. The topological polar surface area (TPSA) is 42.4 Å². The Hall–Kier alpha value is -1.87. The average molecular weight is 243 g/mol. The van der Waals surface area contributed by atoms with Crippen molar-refractivity contribution in [1.82, 2.24) is 4.98 Å². The summed E-state index contributed by atoms with van der Waals surface area (Å²) in [5, 5.41) is 10.4. The molecule has 0 saturated heterocycles. The van der Waals surface area contributed by atoms with Crippen LogP contribution in [0, 0.1) is 13.8 Å². The van der Waals surface area contributed by atoms with Gasteiger partial charge < -0.3 is 9.84 Å². The maximum absolute atomic E-state index is 10.4. The highest BCUT2D eigenvalue weighted by Crippen LogP contribution is 2.26. The first-order valence-electron chi connectivity index (χ1n) is 5.88. The Labute approximate surface area is 107 Å². The van der Waals surface area contributed by atoms with E-state index in [4.69, 9.17) is 4.74 Å². The third-order valence-electron chi connectivity index (χ3n) is 2.97. The number of aliphatic hydroxyl groups is 1. The molecule has 0 fully saturated rings. The third-order valence-corrected chi connectivity index (χ3v) is 2.97. The van der Waals surface area contributed by atoms with Crippen LogP contribution in [0.3, 0.4) is 0 Å². The average Bonchev–Trinajstić information content (AvgIpc) is 2.38. The van der Waals surface area contributed by atoms with Crippen molar-refractivity contribution in [1.29, 1.82) is 0 Å². The molecular formula is C15H17NO2. The zero-order chi connectivity index (χ0) is 13.1. The summed E-state index contributed by atoms with van der Waals surface area (Å²) < 4.78 is 5.16. The monoisotopic (exact) mass is 243 g/mol. The Kier molecular flexibility index (Phi) is 3.63. The summed E-state index contributed by atoms with van der Waals surface area (Å²) in [6.07, 6.45) is -0.673. The van der Waals surface area contributed by atoms with Crippen LogP contribution in [0.5, 0.6) is 5.75 Å². The van der Waals surface area contributed by atoms with Gasteiger partial charge >= 0.3 is 0 Å². The number of ether oxygens (including phenoxy) is 1. The van der Waals surface area contributed by atoms with E-state index in [2.05, 4.69) is 4.98 Å². The van der Waals surface area contributed by atoms with E-state index in [9.17, 15) is 5.11 Å². The number of methoxy groups -OCH3 is 1. The molecule has 18 heavy (non-hydrogen) atoms. The van der Waals surface area contributed by atoms with Crippen LogP contribution in [-0.2, 0) is 0 Å². The Morgan fingerprint density at radius 3 is 2.61 bits per heavy atom. The summed E-state index contributed by atoms with van der Waals surface area (Å²) in [7, 11) is 1.62. The van der Waals surface area contributed by atoms with Gasteiger partial charge in [-0.3, -0.25) is 4.98 Å². The van der Waals surface area contributed by atoms with E-state index in [1.54, 1.807) is 7.11 Å². The van der Waals surface area contributed by atoms with Gasteiger partial charge in [0.1, 0.15) is 11.9 Å². The van der Waals surface area contributed by atoms with Crippen LogP contribution >= 0.6 is 0 Å². The molecule has 0 bridgehead atoms. The fraction of sp³-hybridized carbons (Fsp3) is 0.267. The molecule has 0 saturated carbocycles. The maximum Gasteiger partial charge on any atom is 0.119 e. The van der Waals surface area contributed by atoms with E-state index in [0.717, 1.165) is 28.3 Å². The summed E-state index contributed by atoms with van der Waals surface area (Å²) in [6.45, 7) is 3.85. The standard InChI is InChI=1S/C15H17NO2/c1-10-7-8-14(11(2)16-10)15(17)12-5-4-6-13(9-12)18-3/h4-9,15,17H,1-3H3. The third kappa shape index (κ3) is 2.51.